The topological polar surface area (TPSA) is 67.2 Å². The van der Waals surface area contributed by atoms with Gasteiger partial charge in [-0.15, -0.1) is 5.10 Å². The maximum absolute atomic E-state index is 13.3. The summed E-state index contributed by atoms with van der Waals surface area (Å²) >= 11 is 1.97. The smallest absolute Gasteiger partial charge is 0.254 e. The molecule has 1 amide bonds. The molecule has 3 heterocycles. The van der Waals surface area contributed by atoms with Crippen molar-refractivity contribution in [2.75, 3.05) is 37.7 Å². The van der Waals surface area contributed by atoms with E-state index in [9.17, 15) is 4.79 Å². The highest BCUT2D eigenvalue weighted by molar-refractivity contribution is 7.99. The number of hydrogen-bond acceptors (Lipinski definition) is 6. The lowest BCUT2D eigenvalue weighted by Gasteiger charge is -2.33. The maximum Gasteiger partial charge on any atom is 0.254 e. The Morgan fingerprint density at radius 3 is 2.88 bits per heavy atom. The molecule has 138 valence electrons. The first-order valence-electron chi connectivity index (χ1n) is 9.26. The van der Waals surface area contributed by atoms with Crippen LogP contribution in [0.2, 0.25) is 0 Å². The van der Waals surface area contributed by atoms with Crippen molar-refractivity contribution in [1.29, 1.82) is 0 Å². The molecule has 1 aromatic heterocycles. The average Bonchev–Trinajstić information content (AvgIpc) is 3.33. The van der Waals surface area contributed by atoms with E-state index in [0.29, 0.717) is 5.56 Å². The summed E-state index contributed by atoms with van der Waals surface area (Å²) in [5.41, 5.74) is 1.51. The van der Waals surface area contributed by atoms with Gasteiger partial charge in [0.2, 0.25) is 0 Å². The van der Waals surface area contributed by atoms with Crippen LogP contribution in [0.15, 0.2) is 30.6 Å². The Morgan fingerprint density at radius 1 is 1.19 bits per heavy atom. The zero-order valence-corrected chi connectivity index (χ0v) is 15.6. The molecule has 8 heteroatoms. The monoisotopic (exact) mass is 372 g/mol. The third kappa shape index (κ3) is 3.91. The number of carbonyl (C=O) groups excluding carboxylic acids is 1. The second-order valence-corrected chi connectivity index (χ2v) is 8.04. The molecule has 0 aliphatic carbocycles. The zero-order valence-electron chi connectivity index (χ0n) is 14.8. The number of hydrogen-bond donors (Lipinski definition) is 0. The van der Waals surface area contributed by atoms with E-state index in [1.807, 2.05) is 36.0 Å². The molecule has 2 saturated heterocycles. The second-order valence-electron chi connectivity index (χ2n) is 6.89. The molecule has 0 N–H and O–H groups in total. The van der Waals surface area contributed by atoms with Gasteiger partial charge in [-0.3, -0.25) is 4.79 Å². The van der Waals surface area contributed by atoms with Crippen molar-refractivity contribution in [3.05, 3.63) is 36.2 Å². The Kier molecular flexibility index (Phi) is 5.50. The minimum atomic E-state index is 0.117. The van der Waals surface area contributed by atoms with Crippen LogP contribution < -0.4 is 0 Å². The van der Waals surface area contributed by atoms with Crippen molar-refractivity contribution in [3.63, 3.8) is 0 Å². The molecule has 0 spiro atoms. The Bertz CT molecular complexity index is 731. The van der Waals surface area contributed by atoms with E-state index in [4.69, 9.17) is 0 Å². The van der Waals surface area contributed by atoms with Crippen LogP contribution in [0.25, 0.3) is 5.69 Å². The molecule has 7 nitrogen and oxygen atoms in total. The first-order valence-corrected chi connectivity index (χ1v) is 10.4. The molecule has 0 bridgehead atoms. The number of benzene rings is 1. The van der Waals surface area contributed by atoms with E-state index in [-0.39, 0.29) is 11.9 Å². The highest BCUT2D eigenvalue weighted by Gasteiger charge is 2.29. The third-order valence-corrected chi connectivity index (χ3v) is 6.27. The summed E-state index contributed by atoms with van der Waals surface area (Å²) in [7, 11) is 0. The van der Waals surface area contributed by atoms with Gasteiger partial charge in [-0.05, 0) is 66.7 Å². The Hall–Kier alpha value is -1.93. The van der Waals surface area contributed by atoms with Gasteiger partial charge in [0.25, 0.3) is 5.91 Å². The highest BCUT2D eigenvalue weighted by Crippen LogP contribution is 2.22. The van der Waals surface area contributed by atoms with E-state index >= 15 is 0 Å². The van der Waals surface area contributed by atoms with Gasteiger partial charge < -0.3 is 9.80 Å². The molecule has 1 unspecified atom stereocenters. The fourth-order valence-electron chi connectivity index (χ4n) is 3.74. The lowest BCUT2D eigenvalue weighted by molar-refractivity contribution is 0.0666. The van der Waals surface area contributed by atoms with E-state index < -0.39 is 0 Å². The Morgan fingerprint density at radius 2 is 2.08 bits per heavy atom. The Balaban J connectivity index is 1.55. The van der Waals surface area contributed by atoms with E-state index in [1.54, 1.807) is 11.0 Å². The molecule has 1 aromatic carbocycles. The molecule has 4 rings (SSSR count). The van der Waals surface area contributed by atoms with Gasteiger partial charge in [0.15, 0.2) is 0 Å². The number of aromatic nitrogens is 4. The van der Waals surface area contributed by atoms with Gasteiger partial charge in [0.1, 0.15) is 6.33 Å². The number of carbonyl (C=O) groups is 1. The molecule has 26 heavy (non-hydrogen) atoms. The minimum Gasteiger partial charge on any atom is -0.334 e. The predicted octanol–water partition coefficient (Wildman–Crippen LogP) is 1.71. The summed E-state index contributed by atoms with van der Waals surface area (Å²) in [5, 5.41) is 11.3. The highest BCUT2D eigenvalue weighted by atomic mass is 32.2. The van der Waals surface area contributed by atoms with Crippen molar-refractivity contribution < 1.29 is 4.79 Å². The number of amides is 1. The van der Waals surface area contributed by atoms with Crippen molar-refractivity contribution in [2.45, 2.75) is 25.3 Å². The summed E-state index contributed by atoms with van der Waals surface area (Å²) in [4.78, 5) is 17.9. The fourth-order valence-corrected chi connectivity index (χ4v) is 4.79. The standard InChI is InChI=1S/C18H24N6OS/c25-18(15-5-3-6-16(11-15)24-14-19-20-21-24)23-9-4-10-26-13-17(23)12-22-7-1-2-8-22/h3,5-6,11,14,17H,1-2,4,7-10,12-13H2. The van der Waals surface area contributed by atoms with Crippen LogP contribution in [0.5, 0.6) is 0 Å². The fraction of sp³-hybridized carbons (Fsp3) is 0.556. The summed E-state index contributed by atoms with van der Waals surface area (Å²) in [6.45, 7) is 4.15. The van der Waals surface area contributed by atoms with E-state index in [2.05, 4.69) is 25.3 Å². The summed E-state index contributed by atoms with van der Waals surface area (Å²) in [5.74, 6) is 2.27. The first-order chi connectivity index (χ1) is 12.8. The summed E-state index contributed by atoms with van der Waals surface area (Å²) in [6, 6.07) is 7.86. The van der Waals surface area contributed by atoms with Crippen molar-refractivity contribution in [3.8, 4) is 5.69 Å². The van der Waals surface area contributed by atoms with Gasteiger partial charge in [-0.1, -0.05) is 6.07 Å². The largest absolute Gasteiger partial charge is 0.334 e. The van der Waals surface area contributed by atoms with Crippen molar-refractivity contribution in [1.82, 2.24) is 30.0 Å². The van der Waals surface area contributed by atoms with Gasteiger partial charge >= 0.3 is 0 Å². The molecular formula is C18H24N6OS. The maximum atomic E-state index is 13.3. The molecule has 2 aromatic rings. The lowest BCUT2D eigenvalue weighted by Crippen LogP contribution is -2.47. The minimum absolute atomic E-state index is 0.117. The molecule has 2 aliphatic heterocycles. The van der Waals surface area contributed by atoms with Crippen LogP contribution in [-0.2, 0) is 0 Å². The van der Waals surface area contributed by atoms with E-state index in [0.717, 1.165) is 49.8 Å². The molecular weight excluding hydrogens is 348 g/mol. The Labute approximate surface area is 157 Å². The molecule has 2 fully saturated rings. The third-order valence-electron chi connectivity index (χ3n) is 5.07. The molecule has 1 atom stereocenters. The number of nitrogens with zero attached hydrogens (tertiary/aromatic N) is 6. The van der Waals surface area contributed by atoms with Crippen LogP contribution in [0.1, 0.15) is 29.6 Å². The molecule has 0 radical (unpaired) electrons. The van der Waals surface area contributed by atoms with Crippen LogP contribution in [0.4, 0.5) is 0 Å². The SMILES string of the molecule is O=C(c1cccc(-n2cnnn2)c1)N1CCCSCC1CN1CCCC1. The molecule has 2 aliphatic rings. The second kappa shape index (κ2) is 8.18. The number of tetrazole rings is 1. The van der Waals surface area contributed by atoms with Gasteiger partial charge in [-0.2, -0.15) is 11.8 Å². The quantitative estimate of drug-likeness (QED) is 0.814. The van der Waals surface area contributed by atoms with Gasteiger partial charge in [0, 0.05) is 24.4 Å². The van der Waals surface area contributed by atoms with Gasteiger partial charge in [0.05, 0.1) is 11.7 Å². The predicted molar refractivity (Wildman–Crippen MR) is 102 cm³/mol. The normalized spacial score (nSPS) is 21.7. The van der Waals surface area contributed by atoms with Gasteiger partial charge in [-0.25, -0.2) is 4.68 Å². The number of likely N-dealkylation sites (tertiary alicyclic amines) is 1. The summed E-state index contributed by atoms with van der Waals surface area (Å²) in [6.07, 6.45) is 5.16. The average molecular weight is 372 g/mol. The van der Waals surface area contributed by atoms with Crippen molar-refractivity contribution >= 4 is 17.7 Å². The summed E-state index contributed by atoms with van der Waals surface area (Å²) < 4.78 is 1.58. The molecule has 0 saturated carbocycles. The lowest BCUT2D eigenvalue weighted by atomic mass is 10.1. The number of rotatable bonds is 4. The number of thioether (sulfide) groups is 1. The first kappa shape index (κ1) is 17.5. The van der Waals surface area contributed by atoms with Crippen LogP contribution >= 0.6 is 11.8 Å². The van der Waals surface area contributed by atoms with Crippen LogP contribution in [-0.4, -0.2) is 79.6 Å². The van der Waals surface area contributed by atoms with Crippen molar-refractivity contribution in [2.24, 2.45) is 0 Å². The van der Waals surface area contributed by atoms with Crippen LogP contribution in [0.3, 0.4) is 0 Å². The van der Waals surface area contributed by atoms with E-state index in [1.165, 1.54) is 12.8 Å². The zero-order chi connectivity index (χ0) is 17.8. The van der Waals surface area contributed by atoms with Crippen LogP contribution in [0, 0.1) is 0 Å².